The zero-order valence-electron chi connectivity index (χ0n) is 7.71. The molecule has 104 valence electrons. The van der Waals surface area contributed by atoms with Crippen molar-refractivity contribution in [2.24, 2.45) is 10.8 Å². The molecule has 0 spiro atoms. The van der Waals surface area contributed by atoms with Crippen molar-refractivity contribution in [3.05, 3.63) is 0 Å². The second-order valence-corrected chi connectivity index (χ2v) is 5.30. The van der Waals surface area contributed by atoms with E-state index >= 15 is 0 Å². The van der Waals surface area contributed by atoms with Crippen LogP contribution in [0.1, 0.15) is 92.5 Å². The fraction of sp³-hybridized carbons (Fsp3) is 1.00. The number of hydrogen-bond donors (Lipinski definition) is 0. The van der Waals surface area contributed by atoms with Crippen molar-refractivity contribution < 1.29 is 0 Å². The summed E-state index contributed by atoms with van der Waals surface area (Å²) in [7, 11) is 0. The third-order valence-electron chi connectivity index (χ3n) is 1.06. The zero-order valence-corrected chi connectivity index (χ0v) is 7.71. The molecule has 0 radical (unpaired) electrons. The van der Waals surface area contributed by atoms with Crippen LogP contribution in [-0.2, 0) is 0 Å². The van der Waals surface area contributed by atoms with Gasteiger partial charge in [-0.05, 0) is 17.3 Å². The number of hydrogen-bond acceptors (Lipinski definition) is 0. The van der Waals surface area contributed by atoms with E-state index in [-0.39, 0.29) is 44.6 Å². The zero-order chi connectivity index (χ0) is 7.71. The molecule has 0 fully saturated rings. The molecule has 0 heterocycles. The van der Waals surface area contributed by atoms with Crippen molar-refractivity contribution in [1.82, 2.24) is 0 Å². The molecule has 0 aliphatic rings. The molecule has 15 heavy (non-hydrogen) atoms. The maximum atomic E-state index is 2.29. The Labute approximate surface area is 104 Å². The first kappa shape index (κ1) is 45.9. The molecule has 0 bridgehead atoms. The lowest BCUT2D eigenvalue weighted by molar-refractivity contribution is 0.233. The Hall–Kier alpha value is 0. The van der Waals surface area contributed by atoms with Crippen LogP contribution >= 0.6 is 0 Å². The monoisotopic (exact) mass is 224 g/mol. The smallest absolute Gasteiger partial charge is 0.0378 e. The van der Waals surface area contributed by atoms with Crippen LogP contribution in [0.3, 0.4) is 0 Å². The minimum Gasteiger partial charge on any atom is -0.0776 e. The van der Waals surface area contributed by atoms with E-state index in [4.69, 9.17) is 0 Å². The Morgan fingerprint density at radius 2 is 0.600 bits per heavy atom. The minimum atomic E-state index is 0. The van der Waals surface area contributed by atoms with Crippen molar-refractivity contribution in [3.63, 3.8) is 0 Å². The van der Waals surface area contributed by atoms with Crippen LogP contribution in [0, 0.1) is 10.8 Å². The van der Waals surface area contributed by atoms with E-state index < -0.39 is 0 Å². The molecule has 0 aromatic carbocycles. The highest BCUT2D eigenvalue weighted by atomic mass is 14.3. The van der Waals surface area contributed by atoms with Gasteiger partial charge in [0.2, 0.25) is 0 Å². The van der Waals surface area contributed by atoms with E-state index in [0.717, 1.165) is 0 Å². The van der Waals surface area contributed by atoms with Crippen molar-refractivity contribution in [2.75, 3.05) is 0 Å². The Bertz CT molecular complexity index is 65.2. The molecule has 0 unspecified atom stereocenters. The Morgan fingerprint density at radius 3 is 0.600 bits per heavy atom. The van der Waals surface area contributed by atoms with Crippen molar-refractivity contribution >= 4 is 0 Å². The van der Waals surface area contributed by atoms with E-state index in [0.29, 0.717) is 10.8 Å². The summed E-state index contributed by atoms with van der Waals surface area (Å²) in [4.78, 5) is 0. The fourth-order valence-corrected chi connectivity index (χ4v) is 1.59. The van der Waals surface area contributed by atoms with Gasteiger partial charge >= 0.3 is 0 Å². The lowest BCUT2D eigenvalue weighted by atomic mass is 9.78. The predicted octanol–water partition coefficient (Wildman–Crippen LogP) is 7.29. The summed E-state index contributed by atoms with van der Waals surface area (Å²) in [5.74, 6) is 0. The van der Waals surface area contributed by atoms with E-state index in [2.05, 4.69) is 41.5 Å². The van der Waals surface area contributed by atoms with Crippen LogP contribution in [0.4, 0.5) is 0 Å². The molecule has 0 amide bonds. The summed E-state index contributed by atoms with van der Waals surface area (Å²) in [5.41, 5.74) is 0.969. The summed E-state index contributed by atoms with van der Waals surface area (Å²) in [6.45, 7) is 13.7. The lowest BCUT2D eigenvalue weighted by Crippen LogP contribution is -2.16. The second kappa shape index (κ2) is 14.0. The van der Waals surface area contributed by atoms with E-state index in [1.165, 1.54) is 6.42 Å². The molecular weight excluding hydrogens is 180 g/mol. The van der Waals surface area contributed by atoms with Crippen LogP contribution in [-0.4, -0.2) is 0 Å². The molecule has 0 rings (SSSR count). The third kappa shape index (κ3) is 56.0. The van der Waals surface area contributed by atoms with Crippen molar-refractivity contribution in [2.45, 2.75) is 92.5 Å². The summed E-state index contributed by atoms with van der Waals surface area (Å²) in [5, 5.41) is 0. The highest BCUT2D eigenvalue weighted by Gasteiger charge is 2.20. The van der Waals surface area contributed by atoms with Crippen LogP contribution < -0.4 is 0 Å². The topological polar surface area (TPSA) is 0 Å². The van der Waals surface area contributed by atoms with E-state index in [9.17, 15) is 0 Å². The first-order chi connectivity index (χ1) is 3.71. The number of rotatable bonds is 0. The van der Waals surface area contributed by atoms with Crippen molar-refractivity contribution in [3.8, 4) is 0 Å². The molecular formula is C15H44. The summed E-state index contributed by atoms with van der Waals surface area (Å²) in [6.07, 6.45) is 1.29. The van der Waals surface area contributed by atoms with Crippen LogP contribution in [0.15, 0.2) is 0 Å². The van der Waals surface area contributed by atoms with Crippen molar-refractivity contribution in [1.29, 1.82) is 0 Å². The molecule has 0 heteroatoms. The fourth-order valence-electron chi connectivity index (χ4n) is 1.59. The molecule has 0 saturated carbocycles. The standard InChI is InChI=1S/C9H20.6CH4/c1-8(2,3)7-9(4,5)6;;;;;;/h7H2,1-6H3;6*1H4. The van der Waals surface area contributed by atoms with Gasteiger partial charge in [0.05, 0.1) is 0 Å². The molecule has 0 atom stereocenters. The summed E-state index contributed by atoms with van der Waals surface area (Å²) >= 11 is 0. The van der Waals surface area contributed by atoms with E-state index in [1.807, 2.05) is 0 Å². The third-order valence-corrected chi connectivity index (χ3v) is 1.06. The molecule has 0 saturated heterocycles. The summed E-state index contributed by atoms with van der Waals surface area (Å²) < 4.78 is 0. The average molecular weight is 225 g/mol. The average Bonchev–Trinajstić information content (AvgIpc) is 1.14. The lowest BCUT2D eigenvalue weighted by Gasteiger charge is -2.28. The minimum absolute atomic E-state index is 0. The Kier molecular flexibility index (Phi) is 42.9. The van der Waals surface area contributed by atoms with Gasteiger partial charge in [0.15, 0.2) is 0 Å². The molecule has 0 N–H and O–H groups in total. The van der Waals surface area contributed by atoms with Crippen LogP contribution in [0.5, 0.6) is 0 Å². The Balaban J connectivity index is -0.0000000213. The van der Waals surface area contributed by atoms with Gasteiger partial charge in [-0.2, -0.15) is 0 Å². The maximum Gasteiger partial charge on any atom is -0.0378 e. The van der Waals surface area contributed by atoms with Gasteiger partial charge in [0, 0.05) is 0 Å². The van der Waals surface area contributed by atoms with Gasteiger partial charge in [-0.1, -0.05) is 86.1 Å². The largest absolute Gasteiger partial charge is 0.0776 e. The van der Waals surface area contributed by atoms with Gasteiger partial charge < -0.3 is 0 Å². The van der Waals surface area contributed by atoms with Crippen LogP contribution in [0.25, 0.3) is 0 Å². The molecule has 0 aromatic rings. The molecule has 0 aliphatic heterocycles. The first-order valence-electron chi connectivity index (χ1n) is 3.71. The van der Waals surface area contributed by atoms with Gasteiger partial charge in [0.1, 0.15) is 0 Å². The summed E-state index contributed by atoms with van der Waals surface area (Å²) in [6, 6.07) is 0. The van der Waals surface area contributed by atoms with Gasteiger partial charge in [-0.3, -0.25) is 0 Å². The maximum absolute atomic E-state index is 2.29. The van der Waals surface area contributed by atoms with Gasteiger partial charge in [-0.25, -0.2) is 0 Å². The highest BCUT2D eigenvalue weighted by Crippen LogP contribution is 2.31. The normalized spacial score (nSPS) is 8.40. The highest BCUT2D eigenvalue weighted by molar-refractivity contribution is 4.71. The SMILES string of the molecule is C.C.C.C.C.C.CC(C)(C)CC(C)(C)C. The van der Waals surface area contributed by atoms with E-state index in [1.54, 1.807) is 0 Å². The molecule has 0 nitrogen and oxygen atoms in total. The second-order valence-electron chi connectivity index (χ2n) is 5.30. The molecule has 0 aliphatic carbocycles. The quantitative estimate of drug-likeness (QED) is 0.405. The van der Waals surface area contributed by atoms with Crippen LogP contribution in [0.2, 0.25) is 0 Å². The van der Waals surface area contributed by atoms with Gasteiger partial charge in [0.25, 0.3) is 0 Å². The predicted molar refractivity (Wildman–Crippen MR) is 83.9 cm³/mol. The first-order valence-corrected chi connectivity index (χ1v) is 3.71. The van der Waals surface area contributed by atoms with Gasteiger partial charge in [-0.15, -0.1) is 0 Å². The molecule has 0 aromatic heterocycles. The Morgan fingerprint density at radius 1 is 0.467 bits per heavy atom.